The first kappa shape index (κ1) is 8.21. The molecule has 1 aromatic rings. The third kappa shape index (κ3) is 1.77. The molecule has 1 aromatic heterocycles. The fourth-order valence-corrected chi connectivity index (χ4v) is 1.70. The average molecular weight is 165 g/mol. The van der Waals surface area contributed by atoms with E-state index < -0.39 is 0 Å². The fraction of sp³-hybridized carbons (Fsp3) is 0.222. The van der Waals surface area contributed by atoms with Gasteiger partial charge in [-0.25, -0.2) is 4.98 Å². The van der Waals surface area contributed by atoms with E-state index in [4.69, 9.17) is 0 Å². The number of hydrogen-bond donors (Lipinski definition) is 0. The van der Waals surface area contributed by atoms with Crippen molar-refractivity contribution in [3.63, 3.8) is 0 Å². The summed E-state index contributed by atoms with van der Waals surface area (Å²) in [6.07, 6.45) is 5.76. The lowest BCUT2D eigenvalue weighted by Crippen LogP contribution is -2.19. The molecule has 1 heterocycles. The molecule has 0 N–H and O–H groups in total. The highest BCUT2D eigenvalue weighted by atomic mass is 32.1. The normalized spacial score (nSPS) is 14.0. The van der Waals surface area contributed by atoms with Crippen LogP contribution in [0.4, 0.5) is 0 Å². The quantitative estimate of drug-likeness (QED) is 0.609. The Balaban J connectivity index is 3.47. The van der Waals surface area contributed by atoms with E-state index in [0.717, 1.165) is 10.4 Å². The van der Waals surface area contributed by atoms with E-state index in [1.807, 2.05) is 19.9 Å². The highest BCUT2D eigenvalue weighted by molar-refractivity contribution is 7.09. The summed E-state index contributed by atoms with van der Waals surface area (Å²) >= 11 is 1.71. The second-order valence-electron chi connectivity index (χ2n) is 2.17. The van der Waals surface area contributed by atoms with Crippen molar-refractivity contribution in [2.75, 3.05) is 0 Å². The summed E-state index contributed by atoms with van der Waals surface area (Å²) in [5.74, 6) is 0. The molecule has 1 nitrogen and oxygen atoms in total. The van der Waals surface area contributed by atoms with Crippen molar-refractivity contribution in [1.82, 2.24) is 4.98 Å². The lowest BCUT2D eigenvalue weighted by molar-refractivity contribution is 1.23. The third-order valence-electron chi connectivity index (χ3n) is 1.33. The molecule has 0 aromatic carbocycles. The molecule has 0 fully saturated rings. The molecule has 0 unspecified atom stereocenters. The molecule has 0 aliphatic carbocycles. The Bertz CT molecular complexity index is 359. The summed E-state index contributed by atoms with van der Waals surface area (Å²) in [6, 6.07) is 0. The standard InChI is InChI=1S/C9H11NS/c1-4-6-8-9(5-2)11-7(3)10-8/h4-6H,1H2,2-3H3/b8-6+,9-5+. The summed E-state index contributed by atoms with van der Waals surface area (Å²) in [7, 11) is 0. The van der Waals surface area contributed by atoms with Crippen molar-refractivity contribution in [1.29, 1.82) is 0 Å². The predicted octanol–water partition coefficient (Wildman–Crippen LogP) is 1.22. The van der Waals surface area contributed by atoms with Crippen LogP contribution in [0.3, 0.4) is 0 Å². The number of aromatic nitrogens is 1. The number of hydrogen-bond acceptors (Lipinski definition) is 2. The molecule has 0 saturated heterocycles. The summed E-state index contributed by atoms with van der Waals surface area (Å²) in [5, 5.41) is 2.14. The first-order valence-electron chi connectivity index (χ1n) is 3.50. The molecule has 58 valence electrons. The highest BCUT2D eigenvalue weighted by Gasteiger charge is 1.90. The van der Waals surface area contributed by atoms with Crippen molar-refractivity contribution in [3.8, 4) is 0 Å². The Morgan fingerprint density at radius 2 is 2.27 bits per heavy atom. The Hall–Kier alpha value is -0.890. The Kier molecular flexibility index (Phi) is 2.60. The van der Waals surface area contributed by atoms with E-state index in [1.165, 1.54) is 4.53 Å². The van der Waals surface area contributed by atoms with Crippen LogP contribution in [0.5, 0.6) is 0 Å². The molecule has 0 atom stereocenters. The van der Waals surface area contributed by atoms with Crippen LogP contribution < -0.4 is 9.88 Å². The Morgan fingerprint density at radius 1 is 1.55 bits per heavy atom. The highest BCUT2D eigenvalue weighted by Crippen LogP contribution is 1.89. The Labute approximate surface area is 70.4 Å². The zero-order valence-electron chi connectivity index (χ0n) is 6.79. The van der Waals surface area contributed by atoms with Crippen LogP contribution in [-0.2, 0) is 0 Å². The van der Waals surface area contributed by atoms with Gasteiger partial charge in [-0.1, -0.05) is 18.7 Å². The van der Waals surface area contributed by atoms with Gasteiger partial charge in [0.25, 0.3) is 0 Å². The monoisotopic (exact) mass is 165 g/mol. The molecule has 0 saturated carbocycles. The Morgan fingerprint density at radius 3 is 2.82 bits per heavy atom. The van der Waals surface area contributed by atoms with Crippen LogP contribution in [0, 0.1) is 6.92 Å². The third-order valence-corrected chi connectivity index (χ3v) is 2.38. The minimum Gasteiger partial charge on any atom is -0.242 e. The van der Waals surface area contributed by atoms with Gasteiger partial charge in [-0.2, -0.15) is 0 Å². The fourth-order valence-electron chi connectivity index (χ4n) is 0.897. The van der Waals surface area contributed by atoms with E-state index in [-0.39, 0.29) is 0 Å². The van der Waals surface area contributed by atoms with Gasteiger partial charge in [-0.3, -0.25) is 0 Å². The van der Waals surface area contributed by atoms with Gasteiger partial charge in [0.2, 0.25) is 0 Å². The van der Waals surface area contributed by atoms with Gasteiger partial charge in [-0.05, 0) is 19.9 Å². The van der Waals surface area contributed by atoms with E-state index in [9.17, 15) is 0 Å². The van der Waals surface area contributed by atoms with Crippen LogP contribution in [0.15, 0.2) is 12.7 Å². The van der Waals surface area contributed by atoms with Crippen LogP contribution >= 0.6 is 11.3 Å². The first-order valence-corrected chi connectivity index (χ1v) is 4.32. The zero-order valence-corrected chi connectivity index (χ0v) is 7.61. The maximum absolute atomic E-state index is 4.33. The molecule has 11 heavy (non-hydrogen) atoms. The number of allylic oxidation sites excluding steroid dienone is 1. The molecular weight excluding hydrogens is 154 g/mol. The molecule has 0 spiro atoms. The lowest BCUT2D eigenvalue weighted by Gasteiger charge is -1.71. The average Bonchev–Trinajstić information content (AvgIpc) is 2.32. The molecule has 0 amide bonds. The van der Waals surface area contributed by atoms with Crippen molar-refractivity contribution < 1.29 is 0 Å². The maximum atomic E-state index is 4.33. The van der Waals surface area contributed by atoms with Crippen LogP contribution in [0.25, 0.3) is 12.2 Å². The van der Waals surface area contributed by atoms with Crippen LogP contribution in [0.2, 0.25) is 0 Å². The minimum atomic E-state index is 1.03. The van der Waals surface area contributed by atoms with Gasteiger partial charge in [-0.15, -0.1) is 11.3 Å². The summed E-state index contributed by atoms with van der Waals surface area (Å²) in [4.78, 5) is 4.33. The molecule has 2 heteroatoms. The number of nitrogens with zero attached hydrogens (tertiary/aromatic N) is 1. The van der Waals surface area contributed by atoms with Gasteiger partial charge in [0.15, 0.2) is 0 Å². The second kappa shape index (κ2) is 3.49. The van der Waals surface area contributed by atoms with Crippen molar-refractivity contribution >= 4 is 23.5 Å². The molecular formula is C9H11NS. The van der Waals surface area contributed by atoms with Gasteiger partial charge >= 0.3 is 0 Å². The number of aryl methyl sites for hydroxylation is 1. The van der Waals surface area contributed by atoms with E-state index in [1.54, 1.807) is 17.4 Å². The summed E-state index contributed by atoms with van der Waals surface area (Å²) < 4.78 is 1.22. The molecule has 0 radical (unpaired) electrons. The number of rotatable bonds is 1. The lowest BCUT2D eigenvalue weighted by atomic mass is 10.5. The van der Waals surface area contributed by atoms with E-state index in [0.29, 0.717) is 0 Å². The second-order valence-corrected chi connectivity index (χ2v) is 3.41. The van der Waals surface area contributed by atoms with Crippen molar-refractivity contribution in [2.45, 2.75) is 13.8 Å². The molecule has 0 aliphatic heterocycles. The van der Waals surface area contributed by atoms with Crippen molar-refractivity contribution in [3.05, 3.63) is 27.5 Å². The SMILES string of the molecule is C=C/C=c1/nc(C)s/c1=C/C. The van der Waals surface area contributed by atoms with Crippen molar-refractivity contribution in [2.24, 2.45) is 0 Å². The first-order chi connectivity index (χ1) is 5.27. The van der Waals surface area contributed by atoms with E-state index in [2.05, 4.69) is 17.6 Å². The van der Waals surface area contributed by atoms with E-state index >= 15 is 0 Å². The van der Waals surface area contributed by atoms with Crippen LogP contribution in [-0.4, -0.2) is 4.98 Å². The van der Waals surface area contributed by atoms with Gasteiger partial charge < -0.3 is 0 Å². The summed E-state index contributed by atoms with van der Waals surface area (Å²) in [5.41, 5.74) is 0. The van der Waals surface area contributed by atoms with Gasteiger partial charge in [0.05, 0.1) is 14.9 Å². The zero-order chi connectivity index (χ0) is 8.27. The minimum absolute atomic E-state index is 1.03. The smallest absolute Gasteiger partial charge is 0.0907 e. The van der Waals surface area contributed by atoms with Crippen LogP contribution in [0.1, 0.15) is 11.9 Å². The topological polar surface area (TPSA) is 12.9 Å². The molecule has 0 aliphatic rings. The summed E-state index contributed by atoms with van der Waals surface area (Å²) in [6.45, 7) is 7.67. The maximum Gasteiger partial charge on any atom is 0.0907 e. The predicted molar refractivity (Wildman–Crippen MR) is 50.9 cm³/mol. The van der Waals surface area contributed by atoms with Gasteiger partial charge in [0, 0.05) is 0 Å². The molecule has 0 bridgehead atoms. The molecule has 1 rings (SSSR count). The largest absolute Gasteiger partial charge is 0.242 e. The van der Waals surface area contributed by atoms with Gasteiger partial charge in [0.1, 0.15) is 0 Å². The number of thiazole rings is 1.